The number of pyridine rings is 1. The van der Waals surface area contributed by atoms with Gasteiger partial charge in [-0.15, -0.1) is 0 Å². The van der Waals surface area contributed by atoms with Crippen LogP contribution in [0.25, 0.3) is 0 Å². The predicted molar refractivity (Wildman–Crippen MR) is 81.7 cm³/mol. The number of nitrogens with one attached hydrogen (secondary N) is 1. The van der Waals surface area contributed by atoms with Gasteiger partial charge in [0.1, 0.15) is 0 Å². The SMILES string of the molecule is COc1ncccc1CNc1cc(C)c(Br)c(C)c1. The number of ether oxygens (including phenoxy) is 1. The minimum Gasteiger partial charge on any atom is -0.481 e. The van der Waals surface area contributed by atoms with Crippen molar-refractivity contribution in [1.82, 2.24) is 4.98 Å². The van der Waals surface area contributed by atoms with Gasteiger partial charge in [-0.3, -0.25) is 0 Å². The van der Waals surface area contributed by atoms with Gasteiger partial charge in [0.05, 0.1) is 7.11 Å². The lowest BCUT2D eigenvalue weighted by atomic mass is 10.1. The number of nitrogens with zero attached hydrogens (tertiary/aromatic N) is 1. The summed E-state index contributed by atoms with van der Waals surface area (Å²) in [5, 5.41) is 3.40. The monoisotopic (exact) mass is 320 g/mol. The summed E-state index contributed by atoms with van der Waals surface area (Å²) in [6, 6.07) is 8.18. The summed E-state index contributed by atoms with van der Waals surface area (Å²) < 4.78 is 6.41. The van der Waals surface area contributed by atoms with Crippen molar-refractivity contribution in [1.29, 1.82) is 0 Å². The maximum absolute atomic E-state index is 5.24. The van der Waals surface area contributed by atoms with Gasteiger partial charge in [0, 0.05) is 28.5 Å². The van der Waals surface area contributed by atoms with Crippen molar-refractivity contribution >= 4 is 21.6 Å². The van der Waals surface area contributed by atoms with Crippen molar-refractivity contribution in [2.24, 2.45) is 0 Å². The highest BCUT2D eigenvalue weighted by Crippen LogP contribution is 2.25. The van der Waals surface area contributed by atoms with E-state index in [9.17, 15) is 0 Å². The van der Waals surface area contributed by atoms with E-state index in [1.807, 2.05) is 12.1 Å². The van der Waals surface area contributed by atoms with Crippen LogP contribution in [0.5, 0.6) is 5.88 Å². The first-order valence-electron chi connectivity index (χ1n) is 6.10. The van der Waals surface area contributed by atoms with E-state index in [0.717, 1.165) is 15.7 Å². The van der Waals surface area contributed by atoms with Gasteiger partial charge in [0.2, 0.25) is 5.88 Å². The molecule has 0 amide bonds. The zero-order valence-electron chi connectivity index (χ0n) is 11.3. The van der Waals surface area contributed by atoms with Gasteiger partial charge in [-0.05, 0) is 43.2 Å². The Bertz CT molecular complexity index is 561. The zero-order valence-corrected chi connectivity index (χ0v) is 12.9. The molecule has 0 aliphatic rings. The molecule has 0 saturated heterocycles. The molecule has 2 aromatic rings. The summed E-state index contributed by atoms with van der Waals surface area (Å²) in [6.07, 6.45) is 1.73. The second-order valence-corrected chi connectivity index (χ2v) is 5.24. The lowest BCUT2D eigenvalue weighted by Gasteiger charge is -2.12. The average Bonchev–Trinajstić information content (AvgIpc) is 2.42. The minimum absolute atomic E-state index is 0.667. The summed E-state index contributed by atoms with van der Waals surface area (Å²) in [4.78, 5) is 4.19. The third-order valence-corrected chi connectivity index (χ3v) is 4.21. The molecule has 0 unspecified atom stereocenters. The van der Waals surface area contributed by atoms with Crippen LogP contribution in [-0.4, -0.2) is 12.1 Å². The Hall–Kier alpha value is -1.55. The summed E-state index contributed by atoms with van der Waals surface area (Å²) in [5.41, 5.74) is 4.59. The van der Waals surface area contributed by atoms with Crippen LogP contribution in [0.4, 0.5) is 5.69 Å². The van der Waals surface area contributed by atoms with Crippen LogP contribution in [0.1, 0.15) is 16.7 Å². The normalized spacial score (nSPS) is 10.3. The molecule has 4 heteroatoms. The van der Waals surface area contributed by atoms with Crippen LogP contribution in [0.3, 0.4) is 0 Å². The molecule has 3 nitrogen and oxygen atoms in total. The molecule has 1 heterocycles. The molecule has 0 spiro atoms. The van der Waals surface area contributed by atoms with Gasteiger partial charge in [-0.25, -0.2) is 4.98 Å². The van der Waals surface area contributed by atoms with Crippen LogP contribution in [0, 0.1) is 13.8 Å². The molecule has 0 saturated carbocycles. The van der Waals surface area contributed by atoms with Crippen molar-refractivity contribution < 1.29 is 4.74 Å². The Labute approximate surface area is 122 Å². The first-order valence-corrected chi connectivity index (χ1v) is 6.89. The molecule has 2 rings (SSSR count). The van der Waals surface area contributed by atoms with Crippen LogP contribution in [0.2, 0.25) is 0 Å². The standard InChI is InChI=1S/C15H17BrN2O/c1-10-7-13(8-11(2)14(10)16)18-9-12-5-4-6-17-15(12)19-3/h4-8,18H,9H2,1-3H3. The first kappa shape index (κ1) is 13.9. The lowest BCUT2D eigenvalue weighted by Crippen LogP contribution is -2.03. The minimum atomic E-state index is 0.667. The van der Waals surface area contributed by atoms with Gasteiger partial charge in [0.25, 0.3) is 0 Å². The second kappa shape index (κ2) is 6.06. The van der Waals surface area contributed by atoms with Gasteiger partial charge >= 0.3 is 0 Å². The Balaban J connectivity index is 2.15. The highest BCUT2D eigenvalue weighted by atomic mass is 79.9. The molecule has 0 aliphatic carbocycles. The Kier molecular flexibility index (Phi) is 4.43. The van der Waals surface area contributed by atoms with E-state index >= 15 is 0 Å². The molecule has 0 radical (unpaired) electrons. The fourth-order valence-electron chi connectivity index (χ4n) is 1.99. The maximum Gasteiger partial charge on any atom is 0.218 e. The number of hydrogen-bond acceptors (Lipinski definition) is 3. The van der Waals surface area contributed by atoms with E-state index < -0.39 is 0 Å². The smallest absolute Gasteiger partial charge is 0.218 e. The topological polar surface area (TPSA) is 34.1 Å². The van der Waals surface area contributed by atoms with Crippen LogP contribution in [-0.2, 0) is 6.54 Å². The molecule has 100 valence electrons. The molecule has 0 fully saturated rings. The Morgan fingerprint density at radius 1 is 1.26 bits per heavy atom. The third-order valence-electron chi connectivity index (χ3n) is 2.96. The van der Waals surface area contributed by atoms with E-state index in [1.54, 1.807) is 13.3 Å². The highest BCUT2D eigenvalue weighted by Gasteiger charge is 2.05. The van der Waals surface area contributed by atoms with Gasteiger partial charge in [-0.1, -0.05) is 22.0 Å². The Morgan fingerprint density at radius 3 is 2.58 bits per heavy atom. The summed E-state index contributed by atoms with van der Waals surface area (Å²) in [5.74, 6) is 0.667. The number of rotatable bonds is 4. The second-order valence-electron chi connectivity index (χ2n) is 4.45. The molecular weight excluding hydrogens is 304 g/mol. The van der Waals surface area contributed by atoms with Gasteiger partial charge in [0.15, 0.2) is 0 Å². The van der Waals surface area contributed by atoms with E-state index in [1.165, 1.54) is 11.1 Å². The van der Waals surface area contributed by atoms with E-state index in [-0.39, 0.29) is 0 Å². The Morgan fingerprint density at radius 2 is 1.95 bits per heavy atom. The summed E-state index contributed by atoms with van der Waals surface area (Å²) in [6.45, 7) is 4.87. The number of anilines is 1. The van der Waals surface area contributed by atoms with Crippen molar-refractivity contribution in [3.8, 4) is 5.88 Å². The number of halogens is 1. The molecular formula is C15H17BrN2O. The van der Waals surface area contributed by atoms with Gasteiger partial charge < -0.3 is 10.1 Å². The van der Waals surface area contributed by atoms with Crippen molar-refractivity contribution in [2.45, 2.75) is 20.4 Å². The van der Waals surface area contributed by atoms with E-state index in [2.05, 4.69) is 52.2 Å². The molecule has 0 aliphatic heterocycles. The average molecular weight is 321 g/mol. The van der Waals surface area contributed by atoms with Crippen LogP contribution < -0.4 is 10.1 Å². The van der Waals surface area contributed by atoms with Crippen molar-refractivity contribution in [3.63, 3.8) is 0 Å². The first-order chi connectivity index (χ1) is 9.11. The number of aromatic nitrogens is 1. The third kappa shape index (κ3) is 3.26. The van der Waals surface area contributed by atoms with Crippen molar-refractivity contribution in [2.75, 3.05) is 12.4 Å². The van der Waals surface area contributed by atoms with E-state index in [0.29, 0.717) is 12.4 Å². The fraction of sp³-hybridized carbons (Fsp3) is 0.267. The summed E-state index contributed by atoms with van der Waals surface area (Å²) >= 11 is 3.57. The number of methoxy groups -OCH3 is 1. The van der Waals surface area contributed by atoms with Crippen LogP contribution in [0.15, 0.2) is 34.9 Å². The predicted octanol–water partition coefficient (Wildman–Crippen LogP) is 4.08. The highest BCUT2D eigenvalue weighted by molar-refractivity contribution is 9.10. The molecule has 1 aromatic carbocycles. The van der Waals surface area contributed by atoms with Crippen LogP contribution >= 0.6 is 15.9 Å². The van der Waals surface area contributed by atoms with Crippen molar-refractivity contribution in [3.05, 3.63) is 51.6 Å². The lowest BCUT2D eigenvalue weighted by molar-refractivity contribution is 0.393. The van der Waals surface area contributed by atoms with E-state index in [4.69, 9.17) is 4.74 Å². The number of benzene rings is 1. The van der Waals surface area contributed by atoms with Gasteiger partial charge in [-0.2, -0.15) is 0 Å². The molecule has 1 N–H and O–H groups in total. The molecule has 0 bridgehead atoms. The molecule has 1 aromatic heterocycles. The number of aryl methyl sites for hydroxylation is 2. The molecule has 0 atom stereocenters. The quantitative estimate of drug-likeness (QED) is 0.921. The zero-order chi connectivity index (χ0) is 13.8. The maximum atomic E-state index is 5.24. The molecule has 19 heavy (non-hydrogen) atoms. The fourth-order valence-corrected chi connectivity index (χ4v) is 2.22. The number of hydrogen-bond donors (Lipinski definition) is 1. The largest absolute Gasteiger partial charge is 0.481 e. The summed E-state index contributed by atoms with van der Waals surface area (Å²) in [7, 11) is 1.64.